The van der Waals surface area contributed by atoms with Gasteiger partial charge in [0.1, 0.15) is 11.9 Å². The van der Waals surface area contributed by atoms with E-state index in [0.29, 0.717) is 11.7 Å². The fourth-order valence-corrected chi connectivity index (χ4v) is 5.37. The summed E-state index contributed by atoms with van der Waals surface area (Å²) in [5.74, 6) is 0.391. The number of amides is 1. The molecule has 2 aromatic heterocycles. The number of nitrogens with one attached hydrogen (secondary N) is 1. The summed E-state index contributed by atoms with van der Waals surface area (Å²) in [5, 5.41) is -0.269. The molecule has 3 heterocycles. The molecule has 0 saturated carbocycles. The van der Waals surface area contributed by atoms with E-state index in [1.54, 1.807) is 30.5 Å². The Morgan fingerprint density at radius 3 is 2.62 bits per heavy atom. The number of pyridine rings is 2. The van der Waals surface area contributed by atoms with Gasteiger partial charge in [-0.05, 0) is 44.4 Å². The summed E-state index contributed by atoms with van der Waals surface area (Å²) in [4.78, 5) is 23.6. The molecule has 4 rings (SSSR count). The lowest BCUT2D eigenvalue weighted by Crippen LogP contribution is -2.41. The minimum absolute atomic E-state index is 0.0563. The van der Waals surface area contributed by atoms with Crippen LogP contribution in [0.25, 0.3) is 0 Å². The predicted molar refractivity (Wildman–Crippen MR) is 121 cm³/mol. The minimum Gasteiger partial charge on any atom is -0.474 e. The second kappa shape index (κ2) is 8.54. The molecule has 0 bridgehead atoms. The highest BCUT2D eigenvalue weighted by molar-refractivity contribution is 7.90. The third-order valence-electron chi connectivity index (χ3n) is 5.81. The molecule has 1 aliphatic heterocycles. The third-order valence-corrected chi connectivity index (χ3v) is 7.04. The normalized spacial score (nSPS) is 20.5. The Morgan fingerprint density at radius 1 is 1.19 bits per heavy atom. The van der Waals surface area contributed by atoms with Crippen LogP contribution in [0.15, 0.2) is 53.7 Å². The van der Waals surface area contributed by atoms with Crippen LogP contribution in [-0.4, -0.2) is 42.5 Å². The molecular weight excluding hydrogens is 428 g/mol. The molecule has 1 atom stereocenters. The van der Waals surface area contributed by atoms with E-state index in [4.69, 9.17) is 4.74 Å². The number of hydrogen-bond acceptors (Lipinski definition) is 7. The van der Waals surface area contributed by atoms with Gasteiger partial charge in [0, 0.05) is 37.2 Å². The highest BCUT2D eigenvalue weighted by atomic mass is 32.2. The van der Waals surface area contributed by atoms with E-state index in [1.165, 1.54) is 6.07 Å². The molecule has 9 heteroatoms. The van der Waals surface area contributed by atoms with Crippen molar-refractivity contribution in [1.82, 2.24) is 14.7 Å². The number of rotatable bonds is 6. The summed E-state index contributed by atoms with van der Waals surface area (Å²) in [6.45, 7) is 7.09. The number of carbonyl (C=O) groups is 1. The summed E-state index contributed by atoms with van der Waals surface area (Å²) in [6.07, 6.45) is 8.05. The number of ether oxygens (including phenoxy) is 1. The maximum atomic E-state index is 13.0. The molecule has 0 spiro atoms. The molecule has 1 aliphatic carbocycles. The fraction of sp³-hybridized carbons (Fsp3) is 0.435. The average molecular weight is 457 g/mol. The Kier molecular flexibility index (Phi) is 5.94. The van der Waals surface area contributed by atoms with Gasteiger partial charge >= 0.3 is 0 Å². The number of hydrogen-bond donors (Lipinski definition) is 1. The third kappa shape index (κ3) is 4.62. The van der Waals surface area contributed by atoms with Gasteiger partial charge in [0.25, 0.3) is 15.9 Å². The Labute approximate surface area is 188 Å². The second-order valence-electron chi connectivity index (χ2n) is 9.04. The van der Waals surface area contributed by atoms with Crippen molar-refractivity contribution in [2.24, 2.45) is 5.92 Å². The van der Waals surface area contributed by atoms with Gasteiger partial charge in [0.15, 0.2) is 5.03 Å². The quantitative estimate of drug-likeness (QED) is 0.665. The molecule has 2 aliphatic rings. The predicted octanol–water partition coefficient (Wildman–Crippen LogP) is 3.32. The number of anilines is 1. The van der Waals surface area contributed by atoms with Crippen LogP contribution in [0.3, 0.4) is 0 Å². The minimum atomic E-state index is -4.20. The van der Waals surface area contributed by atoms with Crippen LogP contribution in [0.5, 0.6) is 5.88 Å². The molecule has 170 valence electrons. The lowest BCUT2D eigenvalue weighted by atomic mass is 9.97. The smallest absolute Gasteiger partial charge is 0.281 e. The SMILES string of the molecule is CC1CN(c2ncccc2C(=O)NS(=O)(=O)c2cccc(OC3CC=CC3)n2)C(C)(C)C1. The summed E-state index contributed by atoms with van der Waals surface area (Å²) in [5.41, 5.74) is 0.0203. The number of sulfonamides is 1. The van der Waals surface area contributed by atoms with E-state index in [-0.39, 0.29) is 28.1 Å². The van der Waals surface area contributed by atoms with Crippen LogP contribution in [0.2, 0.25) is 0 Å². The largest absolute Gasteiger partial charge is 0.474 e. The first-order valence-electron chi connectivity index (χ1n) is 10.7. The molecule has 1 N–H and O–H groups in total. The molecule has 0 radical (unpaired) electrons. The van der Waals surface area contributed by atoms with E-state index >= 15 is 0 Å². The molecule has 1 saturated heterocycles. The van der Waals surface area contributed by atoms with Crippen molar-refractivity contribution in [1.29, 1.82) is 0 Å². The van der Waals surface area contributed by atoms with Gasteiger partial charge in [-0.1, -0.05) is 25.1 Å². The van der Waals surface area contributed by atoms with Crippen molar-refractivity contribution in [3.8, 4) is 5.88 Å². The van der Waals surface area contributed by atoms with Crippen molar-refractivity contribution in [2.45, 2.75) is 56.7 Å². The van der Waals surface area contributed by atoms with Gasteiger partial charge in [-0.3, -0.25) is 4.79 Å². The zero-order chi connectivity index (χ0) is 22.9. The van der Waals surface area contributed by atoms with Crippen LogP contribution in [0, 0.1) is 5.92 Å². The van der Waals surface area contributed by atoms with Crippen molar-refractivity contribution in [3.63, 3.8) is 0 Å². The van der Waals surface area contributed by atoms with Crippen molar-refractivity contribution in [2.75, 3.05) is 11.4 Å². The van der Waals surface area contributed by atoms with E-state index in [2.05, 4.69) is 40.4 Å². The number of nitrogens with zero attached hydrogens (tertiary/aromatic N) is 3. The summed E-state index contributed by atoms with van der Waals surface area (Å²) < 4.78 is 33.7. The summed E-state index contributed by atoms with van der Waals surface area (Å²) in [7, 11) is -4.20. The number of carbonyl (C=O) groups excluding carboxylic acids is 1. The fourth-order valence-electron chi connectivity index (χ4n) is 4.45. The second-order valence-corrected chi connectivity index (χ2v) is 10.7. The zero-order valence-corrected chi connectivity index (χ0v) is 19.3. The molecule has 1 unspecified atom stereocenters. The topological polar surface area (TPSA) is 101 Å². The van der Waals surface area contributed by atoms with E-state index < -0.39 is 15.9 Å². The van der Waals surface area contributed by atoms with Crippen molar-refractivity contribution in [3.05, 3.63) is 54.2 Å². The average Bonchev–Trinajstić information content (AvgIpc) is 3.34. The Bertz CT molecular complexity index is 1140. The van der Waals surface area contributed by atoms with Crippen molar-refractivity contribution >= 4 is 21.7 Å². The number of aromatic nitrogens is 2. The van der Waals surface area contributed by atoms with Crippen LogP contribution in [0.4, 0.5) is 5.82 Å². The molecule has 1 fully saturated rings. The molecule has 8 nitrogen and oxygen atoms in total. The van der Waals surface area contributed by atoms with Crippen LogP contribution >= 0.6 is 0 Å². The van der Waals surface area contributed by atoms with Gasteiger partial charge in [-0.2, -0.15) is 13.4 Å². The lowest BCUT2D eigenvalue weighted by Gasteiger charge is -2.33. The first-order valence-corrected chi connectivity index (χ1v) is 12.2. The van der Waals surface area contributed by atoms with Gasteiger partial charge in [-0.25, -0.2) is 9.71 Å². The van der Waals surface area contributed by atoms with E-state index in [9.17, 15) is 13.2 Å². The van der Waals surface area contributed by atoms with Gasteiger partial charge in [0.05, 0.1) is 5.56 Å². The molecule has 0 aromatic carbocycles. The maximum Gasteiger partial charge on any atom is 0.281 e. The Morgan fingerprint density at radius 2 is 1.94 bits per heavy atom. The first kappa shape index (κ1) is 22.3. The highest BCUT2D eigenvalue weighted by Crippen LogP contribution is 2.37. The standard InChI is InChI=1S/C23H28N4O4S/c1-16-14-23(2,3)27(15-16)21-18(10-7-13-24-21)22(28)26-32(29,30)20-12-6-11-19(25-20)31-17-8-4-5-9-17/h4-7,10-13,16-17H,8-9,14-15H2,1-3H3,(H,26,28). The summed E-state index contributed by atoms with van der Waals surface area (Å²) >= 11 is 0. The van der Waals surface area contributed by atoms with Gasteiger partial charge in [0.2, 0.25) is 5.88 Å². The lowest BCUT2D eigenvalue weighted by molar-refractivity contribution is 0.0981. The van der Waals surface area contributed by atoms with Crippen LogP contribution in [0.1, 0.15) is 50.4 Å². The van der Waals surface area contributed by atoms with E-state index in [0.717, 1.165) is 25.8 Å². The molecule has 1 amide bonds. The first-order chi connectivity index (χ1) is 15.2. The van der Waals surface area contributed by atoms with Crippen LogP contribution in [-0.2, 0) is 10.0 Å². The molecular formula is C23H28N4O4S. The highest BCUT2D eigenvalue weighted by Gasteiger charge is 2.39. The van der Waals surface area contributed by atoms with Gasteiger partial charge in [-0.15, -0.1) is 0 Å². The van der Waals surface area contributed by atoms with Gasteiger partial charge < -0.3 is 9.64 Å². The maximum absolute atomic E-state index is 13.0. The Hall–Kier alpha value is -2.94. The Balaban J connectivity index is 1.56. The van der Waals surface area contributed by atoms with E-state index in [1.807, 2.05) is 12.2 Å². The van der Waals surface area contributed by atoms with Crippen molar-refractivity contribution < 1.29 is 17.9 Å². The molecule has 32 heavy (non-hydrogen) atoms. The zero-order valence-electron chi connectivity index (χ0n) is 18.5. The molecule has 2 aromatic rings. The monoisotopic (exact) mass is 456 g/mol. The summed E-state index contributed by atoms with van der Waals surface area (Å²) in [6, 6.07) is 7.71. The van der Waals surface area contributed by atoms with Crippen LogP contribution < -0.4 is 14.4 Å².